The molecule has 0 bridgehead atoms. The van der Waals surface area contributed by atoms with Crippen molar-refractivity contribution in [1.29, 1.82) is 0 Å². The van der Waals surface area contributed by atoms with Gasteiger partial charge in [0.2, 0.25) is 0 Å². The monoisotopic (exact) mass is 356 g/mol. The lowest BCUT2D eigenvalue weighted by Crippen LogP contribution is -2.28. The highest BCUT2D eigenvalue weighted by molar-refractivity contribution is 9.10. The molecular formula is C14H11BrClFN2O. The zero-order valence-corrected chi connectivity index (χ0v) is 12.9. The normalized spacial score (nSPS) is 10.4. The minimum absolute atomic E-state index is 0.0672. The van der Waals surface area contributed by atoms with Crippen LogP contribution in [0.15, 0.2) is 40.9 Å². The Labute approximate surface area is 129 Å². The van der Waals surface area contributed by atoms with Crippen LogP contribution in [0.1, 0.15) is 10.4 Å². The van der Waals surface area contributed by atoms with Crippen molar-refractivity contribution in [1.82, 2.24) is 0 Å². The number of hydrogen-bond acceptors (Lipinski definition) is 2. The van der Waals surface area contributed by atoms with Gasteiger partial charge in [0.1, 0.15) is 5.82 Å². The Morgan fingerprint density at radius 3 is 2.65 bits per heavy atom. The van der Waals surface area contributed by atoms with Crippen LogP contribution in [0, 0.1) is 5.82 Å². The van der Waals surface area contributed by atoms with Gasteiger partial charge in [0.15, 0.2) is 0 Å². The molecule has 2 N–H and O–H groups in total. The number of benzene rings is 2. The summed E-state index contributed by atoms with van der Waals surface area (Å²) >= 11 is 9.18. The van der Waals surface area contributed by atoms with Crippen LogP contribution in [0.2, 0.25) is 5.02 Å². The van der Waals surface area contributed by atoms with Crippen LogP contribution >= 0.6 is 27.5 Å². The highest BCUT2D eigenvalue weighted by atomic mass is 79.9. The number of nitrogen functional groups attached to an aromatic ring is 1. The van der Waals surface area contributed by atoms with Gasteiger partial charge in [-0.1, -0.05) is 33.6 Å². The molecule has 6 heteroatoms. The van der Waals surface area contributed by atoms with Crippen molar-refractivity contribution >= 4 is 44.8 Å². The molecule has 2 rings (SSSR count). The van der Waals surface area contributed by atoms with Crippen molar-refractivity contribution < 1.29 is 9.18 Å². The molecule has 0 aromatic heterocycles. The second kappa shape index (κ2) is 5.81. The number of hydrogen-bond donors (Lipinski definition) is 1. The first-order valence-electron chi connectivity index (χ1n) is 5.69. The summed E-state index contributed by atoms with van der Waals surface area (Å²) in [5, 5.41) is 0.0672. The molecule has 0 fully saturated rings. The van der Waals surface area contributed by atoms with E-state index in [0.717, 1.165) is 4.47 Å². The lowest BCUT2D eigenvalue weighted by atomic mass is 10.1. The highest BCUT2D eigenvalue weighted by Crippen LogP contribution is 2.29. The zero-order chi connectivity index (χ0) is 14.9. The summed E-state index contributed by atoms with van der Waals surface area (Å²) in [6.07, 6.45) is 0. The molecule has 0 saturated heterocycles. The van der Waals surface area contributed by atoms with Crippen LogP contribution in [0.25, 0.3) is 0 Å². The Morgan fingerprint density at radius 2 is 2.05 bits per heavy atom. The number of halogens is 3. The molecule has 0 heterocycles. The third-order valence-corrected chi connectivity index (χ3v) is 3.64. The van der Waals surface area contributed by atoms with Crippen LogP contribution in [0.5, 0.6) is 0 Å². The summed E-state index contributed by atoms with van der Waals surface area (Å²) in [5.74, 6) is -1.22. The fourth-order valence-corrected chi connectivity index (χ4v) is 2.43. The number of rotatable bonds is 2. The van der Waals surface area contributed by atoms with Gasteiger partial charge in [0.25, 0.3) is 5.91 Å². The Kier molecular flexibility index (Phi) is 4.30. The van der Waals surface area contributed by atoms with Crippen LogP contribution in [-0.4, -0.2) is 13.0 Å². The number of nitrogens with zero attached hydrogens (tertiary/aromatic N) is 1. The van der Waals surface area contributed by atoms with Crippen molar-refractivity contribution in [2.24, 2.45) is 0 Å². The fourth-order valence-electron chi connectivity index (χ4n) is 1.81. The first-order chi connectivity index (χ1) is 9.41. The van der Waals surface area contributed by atoms with E-state index in [1.165, 1.54) is 30.1 Å². The molecule has 104 valence electrons. The Balaban J connectivity index is 2.43. The van der Waals surface area contributed by atoms with E-state index in [-0.39, 0.29) is 10.6 Å². The largest absolute Gasteiger partial charge is 0.397 e. The Bertz CT molecular complexity index is 658. The number of amides is 1. The molecule has 0 radical (unpaired) electrons. The van der Waals surface area contributed by atoms with Gasteiger partial charge in [-0.15, -0.1) is 0 Å². The molecule has 0 atom stereocenters. The molecule has 0 aliphatic rings. The standard InChI is InChI=1S/C14H11BrClFN2O/c1-19(12-6-5-8(15)7-11(12)18)14(20)13-9(16)3-2-4-10(13)17/h2-7H,18H2,1H3. The van der Waals surface area contributed by atoms with E-state index in [9.17, 15) is 9.18 Å². The lowest BCUT2D eigenvalue weighted by Gasteiger charge is -2.20. The van der Waals surface area contributed by atoms with E-state index < -0.39 is 11.7 Å². The number of nitrogens with two attached hydrogens (primary N) is 1. The maximum atomic E-state index is 13.8. The summed E-state index contributed by atoms with van der Waals surface area (Å²) in [7, 11) is 1.52. The predicted octanol–water partition coefficient (Wildman–Crippen LogP) is 4.10. The van der Waals surface area contributed by atoms with Crippen molar-refractivity contribution in [3.63, 3.8) is 0 Å². The summed E-state index contributed by atoms with van der Waals surface area (Å²) in [6.45, 7) is 0. The highest BCUT2D eigenvalue weighted by Gasteiger charge is 2.21. The van der Waals surface area contributed by atoms with E-state index in [2.05, 4.69) is 15.9 Å². The van der Waals surface area contributed by atoms with Crippen molar-refractivity contribution in [3.8, 4) is 0 Å². The van der Waals surface area contributed by atoms with E-state index in [1.54, 1.807) is 18.2 Å². The van der Waals surface area contributed by atoms with Crippen LogP contribution in [-0.2, 0) is 0 Å². The average molecular weight is 358 g/mol. The van der Waals surface area contributed by atoms with E-state index >= 15 is 0 Å². The molecule has 3 nitrogen and oxygen atoms in total. The average Bonchev–Trinajstić information content (AvgIpc) is 2.37. The minimum atomic E-state index is -0.662. The van der Waals surface area contributed by atoms with Gasteiger partial charge in [0, 0.05) is 11.5 Å². The van der Waals surface area contributed by atoms with Crippen molar-refractivity contribution in [2.45, 2.75) is 0 Å². The maximum Gasteiger partial charge on any atom is 0.262 e. The lowest BCUT2D eigenvalue weighted by molar-refractivity contribution is 0.0989. The maximum absolute atomic E-state index is 13.8. The molecule has 0 unspecified atom stereocenters. The van der Waals surface area contributed by atoms with Crippen molar-refractivity contribution in [2.75, 3.05) is 17.7 Å². The van der Waals surface area contributed by atoms with Gasteiger partial charge in [0.05, 0.1) is 22.0 Å². The van der Waals surface area contributed by atoms with E-state index in [0.29, 0.717) is 11.4 Å². The van der Waals surface area contributed by atoms with Crippen LogP contribution in [0.3, 0.4) is 0 Å². The molecule has 2 aromatic carbocycles. The van der Waals surface area contributed by atoms with Gasteiger partial charge in [-0.2, -0.15) is 0 Å². The summed E-state index contributed by atoms with van der Waals surface area (Å²) in [5.41, 5.74) is 6.59. The van der Waals surface area contributed by atoms with Gasteiger partial charge >= 0.3 is 0 Å². The topological polar surface area (TPSA) is 46.3 Å². The number of anilines is 2. The van der Waals surface area contributed by atoms with Gasteiger partial charge in [-0.05, 0) is 30.3 Å². The third-order valence-electron chi connectivity index (χ3n) is 2.83. The van der Waals surface area contributed by atoms with Crippen LogP contribution in [0.4, 0.5) is 15.8 Å². The quantitative estimate of drug-likeness (QED) is 0.823. The molecule has 20 heavy (non-hydrogen) atoms. The second-order valence-corrected chi connectivity index (χ2v) is 5.49. The zero-order valence-electron chi connectivity index (χ0n) is 10.5. The number of carbonyl (C=O) groups is 1. The van der Waals surface area contributed by atoms with Crippen LogP contribution < -0.4 is 10.6 Å². The third kappa shape index (κ3) is 2.78. The molecule has 1 amide bonds. The summed E-state index contributed by atoms with van der Waals surface area (Å²) < 4.78 is 14.6. The second-order valence-electron chi connectivity index (χ2n) is 4.16. The Morgan fingerprint density at radius 1 is 1.35 bits per heavy atom. The fraction of sp³-hybridized carbons (Fsp3) is 0.0714. The van der Waals surface area contributed by atoms with Gasteiger partial charge in [-0.3, -0.25) is 4.79 Å². The van der Waals surface area contributed by atoms with Gasteiger partial charge < -0.3 is 10.6 Å². The first kappa shape index (κ1) is 14.8. The molecule has 0 spiro atoms. The van der Waals surface area contributed by atoms with Crippen molar-refractivity contribution in [3.05, 3.63) is 57.3 Å². The molecule has 2 aromatic rings. The summed E-state index contributed by atoms with van der Waals surface area (Å²) in [4.78, 5) is 13.6. The first-order valence-corrected chi connectivity index (χ1v) is 6.86. The SMILES string of the molecule is CN(C(=O)c1c(F)cccc1Cl)c1ccc(Br)cc1N. The molecule has 0 saturated carbocycles. The molecular weight excluding hydrogens is 347 g/mol. The predicted molar refractivity (Wildman–Crippen MR) is 82.7 cm³/mol. The Hall–Kier alpha value is -1.59. The van der Waals surface area contributed by atoms with Gasteiger partial charge in [-0.25, -0.2) is 4.39 Å². The minimum Gasteiger partial charge on any atom is -0.397 e. The smallest absolute Gasteiger partial charge is 0.262 e. The number of carbonyl (C=O) groups excluding carboxylic acids is 1. The van der Waals surface area contributed by atoms with E-state index in [4.69, 9.17) is 17.3 Å². The van der Waals surface area contributed by atoms with E-state index in [1.807, 2.05) is 0 Å². The molecule has 0 aliphatic heterocycles. The molecule has 0 aliphatic carbocycles. The summed E-state index contributed by atoms with van der Waals surface area (Å²) in [6, 6.07) is 9.20.